The molecule has 2 N–H and O–H groups in total. The number of ether oxygens (including phenoxy) is 1. The Morgan fingerprint density at radius 1 is 1.42 bits per heavy atom. The largest absolute Gasteiger partial charge is 0.379 e. The van der Waals surface area contributed by atoms with Gasteiger partial charge < -0.3 is 19.9 Å². The van der Waals surface area contributed by atoms with Gasteiger partial charge in [-0.3, -0.25) is 9.69 Å². The topological polar surface area (TPSA) is 79.6 Å². The van der Waals surface area contributed by atoms with Crippen LogP contribution in [0.15, 0.2) is 10.6 Å². The van der Waals surface area contributed by atoms with Crippen molar-refractivity contribution in [2.24, 2.45) is 5.92 Å². The monoisotopic (exact) mass is 336 g/mol. The van der Waals surface area contributed by atoms with Gasteiger partial charge in [-0.25, -0.2) is 0 Å². The predicted octanol–water partition coefficient (Wildman–Crippen LogP) is 0.341. The fraction of sp³-hybridized carbons (Fsp3) is 0.765. The average Bonchev–Trinajstić information content (AvgIpc) is 3.18. The van der Waals surface area contributed by atoms with Gasteiger partial charge in [-0.05, 0) is 39.9 Å². The number of piperidine rings is 1. The highest BCUT2D eigenvalue weighted by molar-refractivity contribution is 5.78. The van der Waals surface area contributed by atoms with Gasteiger partial charge in [-0.2, -0.15) is 0 Å². The Labute approximate surface area is 143 Å². The zero-order valence-electron chi connectivity index (χ0n) is 14.6. The SMILES string of the molecule is Cc1cc(C[C@@H]2COC[C@@H]2NC(=O)CN(C)C2CCNCC2)on1. The van der Waals surface area contributed by atoms with E-state index in [4.69, 9.17) is 9.26 Å². The first kappa shape index (κ1) is 17.4. The molecule has 2 fully saturated rings. The van der Waals surface area contributed by atoms with Crippen LogP contribution >= 0.6 is 0 Å². The van der Waals surface area contributed by atoms with Crippen LogP contribution in [0.3, 0.4) is 0 Å². The van der Waals surface area contributed by atoms with E-state index < -0.39 is 0 Å². The molecule has 0 bridgehead atoms. The van der Waals surface area contributed by atoms with Crippen molar-refractivity contribution in [3.05, 3.63) is 17.5 Å². The summed E-state index contributed by atoms with van der Waals surface area (Å²) in [6.07, 6.45) is 2.95. The number of nitrogens with one attached hydrogen (secondary N) is 2. The fourth-order valence-electron chi connectivity index (χ4n) is 3.59. The number of carbonyl (C=O) groups is 1. The van der Waals surface area contributed by atoms with Crippen LogP contribution in [0.4, 0.5) is 0 Å². The average molecular weight is 336 g/mol. The maximum atomic E-state index is 12.4. The number of aromatic nitrogens is 1. The van der Waals surface area contributed by atoms with E-state index in [0.717, 1.165) is 43.8 Å². The Morgan fingerprint density at radius 3 is 2.92 bits per heavy atom. The van der Waals surface area contributed by atoms with E-state index in [1.165, 1.54) is 0 Å². The van der Waals surface area contributed by atoms with Crippen LogP contribution in [0.2, 0.25) is 0 Å². The molecule has 1 amide bonds. The maximum Gasteiger partial charge on any atom is 0.234 e. The minimum atomic E-state index is 0.0457. The highest BCUT2D eigenvalue weighted by Gasteiger charge is 2.31. The number of rotatable bonds is 6. The van der Waals surface area contributed by atoms with Gasteiger partial charge in [-0.1, -0.05) is 5.16 Å². The number of carbonyl (C=O) groups excluding carboxylic acids is 1. The minimum Gasteiger partial charge on any atom is -0.379 e. The molecule has 2 atom stereocenters. The first-order chi connectivity index (χ1) is 11.6. The summed E-state index contributed by atoms with van der Waals surface area (Å²) in [6, 6.07) is 2.48. The van der Waals surface area contributed by atoms with Crippen molar-refractivity contribution in [2.45, 2.75) is 38.3 Å². The lowest BCUT2D eigenvalue weighted by atomic mass is 9.98. The fourth-order valence-corrected chi connectivity index (χ4v) is 3.59. The maximum absolute atomic E-state index is 12.4. The molecule has 7 nitrogen and oxygen atoms in total. The van der Waals surface area contributed by atoms with Crippen LogP contribution in [0.25, 0.3) is 0 Å². The quantitative estimate of drug-likeness (QED) is 0.780. The normalized spacial score (nSPS) is 25.3. The van der Waals surface area contributed by atoms with E-state index >= 15 is 0 Å². The van der Waals surface area contributed by atoms with E-state index in [2.05, 4.69) is 20.7 Å². The van der Waals surface area contributed by atoms with Crippen molar-refractivity contribution < 1.29 is 14.1 Å². The zero-order valence-corrected chi connectivity index (χ0v) is 14.6. The van der Waals surface area contributed by atoms with Gasteiger partial charge in [0.05, 0.1) is 31.5 Å². The molecule has 2 saturated heterocycles. The van der Waals surface area contributed by atoms with E-state index in [9.17, 15) is 4.79 Å². The van der Waals surface area contributed by atoms with Crippen molar-refractivity contribution in [3.8, 4) is 0 Å². The molecule has 0 saturated carbocycles. The second kappa shape index (κ2) is 8.09. The van der Waals surface area contributed by atoms with Gasteiger partial charge in [0.15, 0.2) is 0 Å². The number of aryl methyl sites for hydroxylation is 1. The Morgan fingerprint density at radius 2 is 2.21 bits per heavy atom. The summed E-state index contributed by atoms with van der Waals surface area (Å²) in [5, 5.41) is 10.4. The van der Waals surface area contributed by atoms with Gasteiger partial charge in [0, 0.05) is 24.4 Å². The molecule has 3 heterocycles. The molecule has 0 aromatic carbocycles. The molecule has 2 aliphatic heterocycles. The number of nitrogens with zero attached hydrogens (tertiary/aromatic N) is 2. The van der Waals surface area contributed by atoms with Gasteiger partial charge in [0.25, 0.3) is 0 Å². The molecule has 0 spiro atoms. The molecule has 7 heteroatoms. The van der Waals surface area contributed by atoms with Gasteiger partial charge in [0.1, 0.15) is 5.76 Å². The molecule has 3 rings (SSSR count). The molecule has 0 aliphatic carbocycles. The van der Waals surface area contributed by atoms with Gasteiger partial charge in [0.2, 0.25) is 5.91 Å². The minimum absolute atomic E-state index is 0.0457. The smallest absolute Gasteiger partial charge is 0.234 e. The molecule has 24 heavy (non-hydrogen) atoms. The Balaban J connectivity index is 1.47. The number of hydrogen-bond donors (Lipinski definition) is 2. The van der Waals surface area contributed by atoms with Crippen molar-refractivity contribution in [1.82, 2.24) is 20.7 Å². The van der Waals surface area contributed by atoms with E-state index in [0.29, 0.717) is 25.8 Å². The lowest BCUT2D eigenvalue weighted by molar-refractivity contribution is -0.123. The van der Waals surface area contributed by atoms with Crippen molar-refractivity contribution >= 4 is 5.91 Å². The second-order valence-electron chi connectivity index (χ2n) is 7.01. The molecule has 2 aliphatic rings. The first-order valence-electron chi connectivity index (χ1n) is 8.82. The Hall–Kier alpha value is -1.44. The molecule has 0 radical (unpaired) electrons. The van der Waals surface area contributed by atoms with Crippen LogP contribution < -0.4 is 10.6 Å². The summed E-state index contributed by atoms with van der Waals surface area (Å²) in [7, 11) is 2.04. The predicted molar refractivity (Wildman–Crippen MR) is 89.7 cm³/mol. The lowest BCUT2D eigenvalue weighted by Crippen LogP contribution is -2.48. The molecule has 0 unspecified atom stereocenters. The summed E-state index contributed by atoms with van der Waals surface area (Å²) in [5.74, 6) is 1.17. The van der Waals surface area contributed by atoms with Crippen molar-refractivity contribution in [1.29, 1.82) is 0 Å². The van der Waals surface area contributed by atoms with Crippen molar-refractivity contribution in [3.63, 3.8) is 0 Å². The molecule has 134 valence electrons. The number of amides is 1. The molecule has 1 aromatic heterocycles. The Kier molecular flexibility index (Phi) is 5.86. The third-order valence-electron chi connectivity index (χ3n) is 5.01. The highest BCUT2D eigenvalue weighted by atomic mass is 16.5. The number of likely N-dealkylation sites (N-methyl/N-ethyl adjacent to an activating group) is 1. The number of hydrogen-bond acceptors (Lipinski definition) is 6. The van der Waals surface area contributed by atoms with Crippen LogP contribution in [0, 0.1) is 12.8 Å². The van der Waals surface area contributed by atoms with Gasteiger partial charge in [-0.15, -0.1) is 0 Å². The van der Waals surface area contributed by atoms with Crippen LogP contribution in [-0.2, 0) is 16.0 Å². The van der Waals surface area contributed by atoms with E-state index in [-0.39, 0.29) is 17.9 Å². The summed E-state index contributed by atoms with van der Waals surface area (Å²) in [6.45, 7) is 5.64. The molecular formula is C17H28N4O3. The highest BCUT2D eigenvalue weighted by Crippen LogP contribution is 2.20. The second-order valence-corrected chi connectivity index (χ2v) is 7.01. The summed E-state index contributed by atoms with van der Waals surface area (Å²) in [5.41, 5.74) is 0.882. The summed E-state index contributed by atoms with van der Waals surface area (Å²) < 4.78 is 10.9. The first-order valence-corrected chi connectivity index (χ1v) is 8.82. The molecular weight excluding hydrogens is 308 g/mol. The van der Waals surface area contributed by atoms with Crippen LogP contribution in [0.1, 0.15) is 24.3 Å². The van der Waals surface area contributed by atoms with Gasteiger partial charge >= 0.3 is 0 Å². The van der Waals surface area contributed by atoms with Crippen LogP contribution in [0.5, 0.6) is 0 Å². The third kappa shape index (κ3) is 4.55. The third-order valence-corrected chi connectivity index (χ3v) is 5.01. The Bertz CT molecular complexity index is 542. The zero-order chi connectivity index (χ0) is 16.9. The summed E-state index contributed by atoms with van der Waals surface area (Å²) >= 11 is 0. The molecule has 1 aromatic rings. The van der Waals surface area contributed by atoms with Crippen molar-refractivity contribution in [2.75, 3.05) is 39.9 Å². The van der Waals surface area contributed by atoms with E-state index in [1.807, 2.05) is 20.0 Å². The standard InChI is InChI=1S/C17H28N4O3/c1-12-7-15(24-20-12)8-13-10-23-11-16(13)19-17(22)9-21(2)14-3-5-18-6-4-14/h7,13-14,16,18H,3-6,8-11H2,1-2H3,(H,19,22)/t13-,16+/m1/s1. The summed E-state index contributed by atoms with van der Waals surface area (Å²) in [4.78, 5) is 14.6. The van der Waals surface area contributed by atoms with E-state index in [1.54, 1.807) is 0 Å². The van der Waals surface area contributed by atoms with Crippen LogP contribution in [-0.4, -0.2) is 67.9 Å². The lowest BCUT2D eigenvalue weighted by Gasteiger charge is -2.31.